The van der Waals surface area contributed by atoms with Gasteiger partial charge in [0.25, 0.3) is 0 Å². The third-order valence-electron chi connectivity index (χ3n) is 5.12. The fourth-order valence-corrected chi connectivity index (χ4v) is 3.36. The molecule has 8 heteroatoms. The minimum atomic E-state index is -0.871. The van der Waals surface area contributed by atoms with E-state index in [9.17, 15) is 9.18 Å². The molecule has 0 aliphatic heterocycles. The van der Waals surface area contributed by atoms with E-state index in [1.54, 1.807) is 6.33 Å². The van der Waals surface area contributed by atoms with Crippen LogP contribution in [-0.2, 0) is 9.53 Å². The average molecular weight is 373 g/mol. The van der Waals surface area contributed by atoms with Crippen molar-refractivity contribution in [2.24, 2.45) is 10.8 Å². The summed E-state index contributed by atoms with van der Waals surface area (Å²) in [6, 6.07) is 0.0727. The van der Waals surface area contributed by atoms with Gasteiger partial charge in [0.2, 0.25) is 0 Å². The second-order valence-corrected chi connectivity index (χ2v) is 8.18. The van der Waals surface area contributed by atoms with E-state index in [2.05, 4.69) is 20.9 Å². The SMILES string of the molecule is C#C[C@]1(COC(=O)C(C)(C)C)CC[C@@H](n2cnc3c(N)nc(F)nc32)CC1. The molecule has 0 atom stereocenters. The topological polar surface area (TPSA) is 95.9 Å². The van der Waals surface area contributed by atoms with Crippen LogP contribution < -0.4 is 5.73 Å². The van der Waals surface area contributed by atoms with Crippen molar-refractivity contribution in [1.29, 1.82) is 0 Å². The lowest BCUT2D eigenvalue weighted by Gasteiger charge is -2.36. The molecular formula is C19H24FN5O2. The van der Waals surface area contributed by atoms with Crippen LogP contribution in [0.1, 0.15) is 52.5 Å². The van der Waals surface area contributed by atoms with Gasteiger partial charge in [0, 0.05) is 6.04 Å². The van der Waals surface area contributed by atoms with Crippen LogP contribution in [0.3, 0.4) is 0 Å². The third kappa shape index (κ3) is 3.72. The number of esters is 1. The van der Waals surface area contributed by atoms with Gasteiger partial charge in [-0.1, -0.05) is 5.92 Å². The zero-order valence-corrected chi connectivity index (χ0v) is 15.8. The van der Waals surface area contributed by atoms with Crippen molar-refractivity contribution < 1.29 is 13.9 Å². The fraction of sp³-hybridized carbons (Fsp3) is 0.579. The number of nitrogens with two attached hydrogens (primary N) is 1. The monoisotopic (exact) mass is 373 g/mol. The number of rotatable bonds is 3. The first-order valence-corrected chi connectivity index (χ1v) is 8.96. The Morgan fingerprint density at radius 3 is 2.70 bits per heavy atom. The van der Waals surface area contributed by atoms with Crippen LogP contribution in [0.25, 0.3) is 11.2 Å². The van der Waals surface area contributed by atoms with E-state index >= 15 is 0 Å². The number of halogens is 1. The number of hydrogen-bond donors (Lipinski definition) is 1. The van der Waals surface area contributed by atoms with E-state index in [-0.39, 0.29) is 24.4 Å². The predicted molar refractivity (Wildman–Crippen MR) is 98.9 cm³/mol. The molecule has 0 spiro atoms. The first-order chi connectivity index (χ1) is 12.6. The minimum Gasteiger partial charge on any atom is -0.464 e. The molecule has 1 aliphatic carbocycles. The van der Waals surface area contributed by atoms with E-state index in [0.29, 0.717) is 24.0 Å². The molecule has 2 N–H and O–H groups in total. The summed E-state index contributed by atoms with van der Waals surface area (Å²) in [5, 5.41) is 0. The molecule has 1 fully saturated rings. The van der Waals surface area contributed by atoms with Crippen LogP contribution in [0.15, 0.2) is 6.33 Å². The first kappa shape index (κ1) is 19.1. The van der Waals surface area contributed by atoms with Gasteiger partial charge in [-0.25, -0.2) is 4.98 Å². The maximum absolute atomic E-state index is 13.6. The average Bonchev–Trinajstić information content (AvgIpc) is 3.03. The molecule has 0 bridgehead atoms. The number of hydrogen-bond acceptors (Lipinski definition) is 6. The Bertz CT molecular complexity index is 901. The highest BCUT2D eigenvalue weighted by Gasteiger charge is 2.37. The summed E-state index contributed by atoms with van der Waals surface area (Å²) in [4.78, 5) is 23.6. The second-order valence-electron chi connectivity index (χ2n) is 8.18. The van der Waals surface area contributed by atoms with Gasteiger partial charge in [0.1, 0.15) is 12.1 Å². The largest absolute Gasteiger partial charge is 0.464 e. The standard InChI is InChI=1S/C19H24FN5O2/c1-5-19(10-27-16(26)18(2,3)4)8-6-12(7-9-19)25-11-22-13-14(21)23-17(20)24-15(13)25/h1,11-12H,6-10H2,2-4H3,(H2,21,23,24)/t12-,19+. The molecule has 0 aromatic carbocycles. The number of imidazole rings is 1. The third-order valence-corrected chi connectivity index (χ3v) is 5.12. The molecule has 2 heterocycles. The lowest BCUT2D eigenvalue weighted by Crippen LogP contribution is -2.34. The molecule has 0 amide bonds. The highest BCUT2D eigenvalue weighted by molar-refractivity contribution is 5.81. The van der Waals surface area contributed by atoms with E-state index in [1.165, 1.54) is 0 Å². The Morgan fingerprint density at radius 2 is 2.11 bits per heavy atom. The molecule has 0 saturated heterocycles. The molecule has 144 valence electrons. The van der Waals surface area contributed by atoms with Crippen molar-refractivity contribution in [1.82, 2.24) is 19.5 Å². The van der Waals surface area contributed by atoms with Crippen LogP contribution in [0.4, 0.5) is 10.2 Å². The van der Waals surface area contributed by atoms with Crippen LogP contribution in [0.2, 0.25) is 0 Å². The number of ether oxygens (including phenoxy) is 1. The smallest absolute Gasteiger partial charge is 0.312 e. The van der Waals surface area contributed by atoms with Gasteiger partial charge in [-0.3, -0.25) is 4.79 Å². The molecule has 0 unspecified atom stereocenters. The number of aromatic nitrogens is 4. The maximum atomic E-state index is 13.6. The number of fused-ring (bicyclic) bond motifs is 1. The highest BCUT2D eigenvalue weighted by atomic mass is 19.1. The molecule has 3 rings (SSSR count). The summed E-state index contributed by atoms with van der Waals surface area (Å²) in [5.41, 5.74) is 5.46. The van der Waals surface area contributed by atoms with Gasteiger partial charge < -0.3 is 15.0 Å². The fourth-order valence-electron chi connectivity index (χ4n) is 3.36. The Balaban J connectivity index is 1.73. The van der Waals surface area contributed by atoms with Gasteiger partial charge >= 0.3 is 12.0 Å². The number of anilines is 1. The molecule has 2 aromatic rings. The normalized spacial score (nSPS) is 23.1. The molecule has 2 aromatic heterocycles. The van der Waals surface area contributed by atoms with Gasteiger partial charge in [-0.05, 0) is 46.5 Å². The van der Waals surface area contributed by atoms with Crippen molar-refractivity contribution >= 4 is 23.0 Å². The summed E-state index contributed by atoms with van der Waals surface area (Å²) < 4.78 is 20.9. The number of carbonyl (C=O) groups excluding carboxylic acids is 1. The predicted octanol–water partition coefficient (Wildman–Crippen LogP) is 2.87. The van der Waals surface area contributed by atoms with Gasteiger partial charge in [0.15, 0.2) is 11.5 Å². The molecule has 27 heavy (non-hydrogen) atoms. The number of nitrogens with zero attached hydrogens (tertiary/aromatic N) is 4. The summed E-state index contributed by atoms with van der Waals surface area (Å²) in [6.45, 7) is 5.64. The van der Waals surface area contributed by atoms with Crippen LogP contribution >= 0.6 is 0 Å². The van der Waals surface area contributed by atoms with Crippen molar-refractivity contribution in [2.45, 2.75) is 52.5 Å². The van der Waals surface area contributed by atoms with Crippen LogP contribution in [0, 0.1) is 29.3 Å². The van der Waals surface area contributed by atoms with E-state index in [0.717, 1.165) is 12.8 Å². The van der Waals surface area contributed by atoms with Crippen molar-refractivity contribution in [2.75, 3.05) is 12.3 Å². The van der Waals surface area contributed by atoms with Crippen LogP contribution in [0.5, 0.6) is 0 Å². The maximum Gasteiger partial charge on any atom is 0.312 e. The van der Waals surface area contributed by atoms with Gasteiger partial charge in [0.05, 0.1) is 17.2 Å². The summed E-state index contributed by atoms with van der Waals surface area (Å²) in [5.74, 6) is 2.60. The van der Waals surface area contributed by atoms with Crippen LogP contribution in [-0.4, -0.2) is 32.1 Å². The van der Waals surface area contributed by atoms with Crippen molar-refractivity contribution in [3.05, 3.63) is 12.4 Å². The van der Waals surface area contributed by atoms with E-state index < -0.39 is 16.9 Å². The summed E-state index contributed by atoms with van der Waals surface area (Å²) in [6.07, 6.45) is 9.39. The lowest BCUT2D eigenvalue weighted by molar-refractivity contribution is -0.156. The molecule has 7 nitrogen and oxygen atoms in total. The quantitative estimate of drug-likeness (QED) is 0.505. The zero-order valence-electron chi connectivity index (χ0n) is 15.8. The van der Waals surface area contributed by atoms with Crippen molar-refractivity contribution in [3.8, 4) is 12.3 Å². The summed E-state index contributed by atoms with van der Waals surface area (Å²) in [7, 11) is 0. The Hall–Kier alpha value is -2.69. The Kier molecular flexibility index (Phi) is 4.81. The van der Waals surface area contributed by atoms with Crippen molar-refractivity contribution in [3.63, 3.8) is 0 Å². The van der Waals surface area contributed by atoms with E-state index in [1.807, 2.05) is 25.3 Å². The second kappa shape index (κ2) is 6.80. The molecule has 1 aliphatic rings. The molecule has 0 radical (unpaired) electrons. The molecule has 1 saturated carbocycles. The Labute approximate surface area is 157 Å². The summed E-state index contributed by atoms with van der Waals surface area (Å²) >= 11 is 0. The number of nitrogen functional groups attached to an aromatic ring is 1. The number of terminal acetylenes is 1. The molecular weight excluding hydrogens is 349 g/mol. The number of carbonyl (C=O) groups is 1. The van der Waals surface area contributed by atoms with E-state index in [4.69, 9.17) is 16.9 Å². The van der Waals surface area contributed by atoms with Gasteiger partial charge in [-0.15, -0.1) is 6.42 Å². The lowest BCUT2D eigenvalue weighted by atomic mass is 9.73. The highest BCUT2D eigenvalue weighted by Crippen LogP contribution is 2.42. The zero-order chi connectivity index (χ0) is 19.8. The minimum absolute atomic E-state index is 0.0270. The Morgan fingerprint density at radius 1 is 1.44 bits per heavy atom. The van der Waals surface area contributed by atoms with Gasteiger partial charge in [-0.2, -0.15) is 14.4 Å². The first-order valence-electron chi connectivity index (χ1n) is 8.96.